The van der Waals surface area contributed by atoms with Crippen LogP contribution in [0.5, 0.6) is 0 Å². The Kier molecular flexibility index (Phi) is 4.20. The van der Waals surface area contributed by atoms with Gasteiger partial charge in [0.2, 0.25) is 0 Å². The van der Waals surface area contributed by atoms with E-state index in [9.17, 15) is 9.50 Å². The van der Waals surface area contributed by atoms with Crippen LogP contribution in [0.1, 0.15) is 16.5 Å². The number of hydrogen-bond acceptors (Lipinski definition) is 2. The lowest BCUT2D eigenvalue weighted by atomic mass is 10.1. The van der Waals surface area contributed by atoms with Crippen molar-refractivity contribution in [1.82, 2.24) is 0 Å². The number of benzene rings is 1. The topological polar surface area (TPSA) is 20.2 Å². The summed E-state index contributed by atoms with van der Waals surface area (Å²) in [4.78, 5) is 0.976. The van der Waals surface area contributed by atoms with Crippen molar-refractivity contribution < 1.29 is 9.50 Å². The fourth-order valence-electron chi connectivity index (χ4n) is 1.58. The summed E-state index contributed by atoms with van der Waals surface area (Å²) in [5.41, 5.74) is 0.165. The summed E-state index contributed by atoms with van der Waals surface area (Å²) in [6, 6.07) is 8.19. The highest BCUT2D eigenvalue weighted by Gasteiger charge is 2.17. The van der Waals surface area contributed by atoms with Gasteiger partial charge >= 0.3 is 0 Å². The van der Waals surface area contributed by atoms with Crippen molar-refractivity contribution in [2.24, 2.45) is 0 Å². The Hall–Kier alpha value is -0.420. The Morgan fingerprint density at radius 2 is 2.12 bits per heavy atom. The van der Waals surface area contributed by atoms with Crippen LogP contribution in [0.15, 0.2) is 34.1 Å². The lowest BCUT2D eigenvalue weighted by Crippen LogP contribution is -2.04. The van der Waals surface area contributed by atoms with Gasteiger partial charge in [-0.1, -0.05) is 17.7 Å². The molecule has 0 aliphatic carbocycles. The molecule has 2 rings (SSSR count). The Morgan fingerprint density at radius 1 is 1.35 bits per heavy atom. The molecular formula is C12H9BrClFOS. The summed E-state index contributed by atoms with van der Waals surface area (Å²) in [6.45, 7) is 0. The third-order valence-electron chi connectivity index (χ3n) is 2.36. The van der Waals surface area contributed by atoms with Crippen molar-refractivity contribution >= 4 is 38.9 Å². The zero-order chi connectivity index (χ0) is 12.4. The van der Waals surface area contributed by atoms with Crippen molar-refractivity contribution in [2.75, 3.05) is 0 Å². The van der Waals surface area contributed by atoms with E-state index in [2.05, 4.69) is 15.9 Å². The van der Waals surface area contributed by atoms with Gasteiger partial charge in [0.05, 0.1) is 9.89 Å². The van der Waals surface area contributed by atoms with Crippen molar-refractivity contribution in [3.63, 3.8) is 0 Å². The van der Waals surface area contributed by atoms with Crippen LogP contribution in [-0.2, 0) is 6.42 Å². The fraction of sp³-hybridized carbons (Fsp3) is 0.167. The Labute approximate surface area is 116 Å². The van der Waals surface area contributed by atoms with Gasteiger partial charge in [-0.25, -0.2) is 4.39 Å². The number of halogens is 3. The van der Waals surface area contributed by atoms with E-state index in [1.807, 2.05) is 12.1 Å². The molecule has 2 aromatic rings. The molecule has 5 heteroatoms. The minimum absolute atomic E-state index is 0.165. The number of rotatable bonds is 3. The first-order valence-corrected chi connectivity index (χ1v) is 6.93. The molecule has 1 atom stereocenters. The summed E-state index contributed by atoms with van der Waals surface area (Å²) in [5.74, 6) is -0.472. The van der Waals surface area contributed by atoms with E-state index in [1.54, 1.807) is 6.07 Å². The quantitative estimate of drug-likeness (QED) is 0.870. The van der Waals surface area contributed by atoms with Gasteiger partial charge in [0.15, 0.2) is 0 Å². The molecule has 0 saturated heterocycles. The first-order valence-electron chi connectivity index (χ1n) is 4.94. The van der Waals surface area contributed by atoms with Crippen molar-refractivity contribution in [1.29, 1.82) is 0 Å². The molecule has 0 spiro atoms. The van der Waals surface area contributed by atoms with Crippen LogP contribution >= 0.6 is 38.9 Å². The number of thiophene rings is 1. The van der Waals surface area contributed by atoms with Gasteiger partial charge < -0.3 is 5.11 Å². The summed E-state index contributed by atoms with van der Waals surface area (Å²) >= 11 is 10.7. The van der Waals surface area contributed by atoms with E-state index in [-0.39, 0.29) is 10.6 Å². The third-order valence-corrected chi connectivity index (χ3v) is 4.33. The summed E-state index contributed by atoms with van der Waals surface area (Å²) < 4.78 is 14.5. The Bertz CT molecular complexity index is 509. The molecule has 0 amide bonds. The minimum atomic E-state index is -0.922. The average Bonchev–Trinajstić information content (AvgIpc) is 2.63. The number of aliphatic hydroxyl groups excluding tert-OH is 1. The zero-order valence-electron chi connectivity index (χ0n) is 8.66. The van der Waals surface area contributed by atoms with Crippen molar-refractivity contribution in [3.8, 4) is 0 Å². The number of hydrogen-bond donors (Lipinski definition) is 1. The summed E-state index contributed by atoms with van der Waals surface area (Å²) in [7, 11) is 0. The molecule has 1 nitrogen and oxygen atoms in total. The molecule has 1 aromatic carbocycles. The first kappa shape index (κ1) is 13.0. The SMILES string of the molecule is OC(Cc1ccc(Br)s1)c1c(F)cccc1Cl. The van der Waals surface area contributed by atoms with Crippen LogP contribution in [0, 0.1) is 5.82 Å². The molecule has 90 valence electrons. The Balaban J connectivity index is 2.22. The van der Waals surface area contributed by atoms with Crippen LogP contribution in [-0.4, -0.2) is 5.11 Å². The van der Waals surface area contributed by atoms with Crippen LogP contribution in [0.4, 0.5) is 4.39 Å². The number of aliphatic hydroxyl groups is 1. The van der Waals surface area contributed by atoms with Crippen LogP contribution in [0.25, 0.3) is 0 Å². The van der Waals surface area contributed by atoms with Gasteiger partial charge in [-0.05, 0) is 40.2 Å². The van der Waals surface area contributed by atoms with E-state index in [0.717, 1.165) is 8.66 Å². The molecule has 1 aromatic heterocycles. The van der Waals surface area contributed by atoms with E-state index in [1.165, 1.54) is 23.5 Å². The third kappa shape index (κ3) is 3.07. The normalized spacial score (nSPS) is 12.7. The molecule has 1 N–H and O–H groups in total. The van der Waals surface area contributed by atoms with E-state index in [0.29, 0.717) is 6.42 Å². The monoisotopic (exact) mass is 334 g/mol. The highest BCUT2D eigenvalue weighted by atomic mass is 79.9. The predicted octanol–water partition coefficient (Wildman–Crippen LogP) is 4.58. The molecular weight excluding hydrogens is 327 g/mol. The Morgan fingerprint density at radius 3 is 2.71 bits per heavy atom. The maximum absolute atomic E-state index is 13.6. The molecule has 0 aliphatic heterocycles. The van der Waals surface area contributed by atoms with Gasteiger partial charge in [-0.2, -0.15) is 0 Å². The molecule has 0 aliphatic rings. The lowest BCUT2D eigenvalue weighted by molar-refractivity contribution is 0.174. The zero-order valence-corrected chi connectivity index (χ0v) is 11.8. The molecule has 1 unspecified atom stereocenters. The second kappa shape index (κ2) is 5.48. The van der Waals surface area contributed by atoms with Crippen LogP contribution < -0.4 is 0 Å². The first-order chi connectivity index (χ1) is 8.08. The van der Waals surface area contributed by atoms with Gasteiger partial charge in [-0.3, -0.25) is 0 Å². The van der Waals surface area contributed by atoms with Gasteiger partial charge in [-0.15, -0.1) is 11.3 Å². The highest BCUT2D eigenvalue weighted by Crippen LogP contribution is 2.31. The molecule has 0 saturated carbocycles. The standard InChI is InChI=1S/C12H9BrClFOS/c13-11-5-4-7(17-11)6-10(16)12-8(14)2-1-3-9(12)15/h1-5,10,16H,6H2. The highest BCUT2D eigenvalue weighted by molar-refractivity contribution is 9.11. The van der Waals surface area contributed by atoms with Crippen molar-refractivity contribution in [3.05, 3.63) is 55.4 Å². The van der Waals surface area contributed by atoms with Gasteiger partial charge in [0, 0.05) is 21.9 Å². The maximum Gasteiger partial charge on any atom is 0.130 e. The smallest absolute Gasteiger partial charge is 0.130 e. The molecule has 0 bridgehead atoms. The van der Waals surface area contributed by atoms with E-state index < -0.39 is 11.9 Å². The van der Waals surface area contributed by atoms with E-state index in [4.69, 9.17) is 11.6 Å². The van der Waals surface area contributed by atoms with E-state index >= 15 is 0 Å². The minimum Gasteiger partial charge on any atom is -0.388 e. The second-order valence-corrected chi connectivity index (χ2v) is 6.52. The lowest BCUT2D eigenvalue weighted by Gasteiger charge is -2.12. The summed E-state index contributed by atoms with van der Waals surface area (Å²) in [5, 5.41) is 10.3. The van der Waals surface area contributed by atoms with Crippen LogP contribution in [0.3, 0.4) is 0 Å². The molecule has 17 heavy (non-hydrogen) atoms. The van der Waals surface area contributed by atoms with Crippen LogP contribution in [0.2, 0.25) is 5.02 Å². The predicted molar refractivity (Wildman–Crippen MR) is 72.1 cm³/mol. The van der Waals surface area contributed by atoms with Gasteiger partial charge in [0.1, 0.15) is 5.82 Å². The molecule has 0 fully saturated rings. The summed E-state index contributed by atoms with van der Waals surface area (Å²) in [6.07, 6.45) is -0.564. The van der Waals surface area contributed by atoms with Crippen molar-refractivity contribution in [2.45, 2.75) is 12.5 Å². The molecule has 1 heterocycles. The average molecular weight is 336 g/mol. The largest absolute Gasteiger partial charge is 0.388 e. The molecule has 0 radical (unpaired) electrons. The van der Waals surface area contributed by atoms with Gasteiger partial charge in [0.25, 0.3) is 0 Å². The maximum atomic E-state index is 13.6. The second-order valence-electron chi connectivity index (χ2n) is 3.56. The fourth-order valence-corrected chi connectivity index (χ4v) is 3.39.